The lowest BCUT2D eigenvalue weighted by Gasteiger charge is -2.22. The first-order valence-electron chi connectivity index (χ1n) is 9.13. The van der Waals surface area contributed by atoms with Crippen LogP contribution in [-0.2, 0) is 12.7 Å². The van der Waals surface area contributed by atoms with E-state index in [0.29, 0.717) is 6.54 Å². The number of likely N-dealkylation sites (N-methyl/N-ethyl adjacent to an activating group) is 1. The van der Waals surface area contributed by atoms with Crippen LogP contribution in [0.2, 0.25) is 0 Å². The molecule has 1 N–H and O–H groups in total. The van der Waals surface area contributed by atoms with Crippen LogP contribution in [0.5, 0.6) is 0 Å². The molecule has 3 rings (SSSR count). The Balaban J connectivity index is 1.55. The summed E-state index contributed by atoms with van der Waals surface area (Å²) >= 11 is 0. The number of rotatable bonds is 7. The summed E-state index contributed by atoms with van der Waals surface area (Å²) in [4.78, 5) is 21.7. The van der Waals surface area contributed by atoms with E-state index in [1.807, 2.05) is 44.3 Å². The maximum atomic E-state index is 12.5. The maximum absolute atomic E-state index is 12.5. The van der Waals surface area contributed by atoms with E-state index >= 15 is 0 Å². The molecule has 0 radical (unpaired) electrons. The number of pyridine rings is 1. The van der Waals surface area contributed by atoms with E-state index < -0.39 is 12.1 Å². The van der Waals surface area contributed by atoms with E-state index in [1.54, 1.807) is 0 Å². The minimum atomic E-state index is -4.73. The molecule has 1 unspecified atom stereocenters. The summed E-state index contributed by atoms with van der Waals surface area (Å²) in [7, 11) is 1.96. The lowest BCUT2D eigenvalue weighted by Crippen LogP contribution is -2.40. The van der Waals surface area contributed by atoms with Gasteiger partial charge in [0.25, 0.3) is 5.91 Å². The third-order valence-electron chi connectivity index (χ3n) is 4.18. The highest BCUT2D eigenvalue weighted by molar-refractivity contribution is 5.94. The molecule has 3 aromatic rings. The van der Waals surface area contributed by atoms with Gasteiger partial charge in [-0.05, 0) is 31.7 Å². The number of hydrogen-bond donors (Lipinski definition) is 1. The minimum absolute atomic E-state index is 0.0708. The third-order valence-corrected chi connectivity index (χ3v) is 4.18. The number of halogens is 3. The van der Waals surface area contributed by atoms with Gasteiger partial charge in [0.2, 0.25) is 5.82 Å². The van der Waals surface area contributed by atoms with Gasteiger partial charge in [0.1, 0.15) is 5.69 Å². The molecule has 2 heterocycles. The first-order valence-corrected chi connectivity index (χ1v) is 9.13. The molecule has 0 saturated heterocycles. The average molecular weight is 419 g/mol. The summed E-state index contributed by atoms with van der Waals surface area (Å²) < 4.78 is 41.8. The van der Waals surface area contributed by atoms with Crippen molar-refractivity contribution in [3.8, 4) is 11.5 Å². The fourth-order valence-electron chi connectivity index (χ4n) is 2.88. The number of nitrogens with zero attached hydrogens (tertiary/aromatic N) is 4. The second kappa shape index (κ2) is 9.04. The smallest absolute Gasteiger partial charge is 0.348 e. The van der Waals surface area contributed by atoms with Crippen molar-refractivity contribution in [2.75, 3.05) is 13.6 Å². The molecule has 7 nitrogen and oxygen atoms in total. The zero-order valence-corrected chi connectivity index (χ0v) is 16.3. The molecule has 2 aromatic heterocycles. The highest BCUT2D eigenvalue weighted by atomic mass is 19.4. The van der Waals surface area contributed by atoms with Crippen LogP contribution in [-0.4, -0.2) is 45.6 Å². The number of benzene rings is 1. The molecule has 30 heavy (non-hydrogen) atoms. The van der Waals surface area contributed by atoms with Crippen LogP contribution in [0.15, 0.2) is 53.2 Å². The van der Waals surface area contributed by atoms with Crippen molar-refractivity contribution in [2.45, 2.75) is 25.7 Å². The van der Waals surface area contributed by atoms with Crippen LogP contribution in [0.3, 0.4) is 0 Å². The van der Waals surface area contributed by atoms with Crippen LogP contribution in [0.4, 0.5) is 13.2 Å². The highest BCUT2D eigenvalue weighted by Crippen LogP contribution is 2.28. The number of amides is 1. The molecule has 0 fully saturated rings. The summed E-state index contributed by atoms with van der Waals surface area (Å²) in [6.45, 7) is 3.27. The van der Waals surface area contributed by atoms with E-state index in [-0.39, 0.29) is 29.0 Å². The van der Waals surface area contributed by atoms with Crippen LogP contribution >= 0.6 is 0 Å². The molecular weight excluding hydrogens is 399 g/mol. The van der Waals surface area contributed by atoms with Gasteiger partial charge in [-0.15, -0.1) is 0 Å². The molecule has 1 amide bonds. The summed E-state index contributed by atoms with van der Waals surface area (Å²) in [6, 6.07) is 12.7. The SMILES string of the molecule is CC(CN(C)Cc1ccccc1)NC(=O)c1ccc(-c2noc(C(F)(F)F)n2)nc1. The van der Waals surface area contributed by atoms with Crippen molar-refractivity contribution >= 4 is 5.91 Å². The van der Waals surface area contributed by atoms with Crippen molar-refractivity contribution in [1.29, 1.82) is 0 Å². The average Bonchev–Trinajstić information content (AvgIpc) is 3.19. The van der Waals surface area contributed by atoms with Gasteiger partial charge in [0, 0.05) is 25.3 Å². The molecule has 0 aliphatic carbocycles. The predicted molar refractivity (Wildman–Crippen MR) is 102 cm³/mol. The second-order valence-corrected chi connectivity index (χ2v) is 6.91. The Morgan fingerprint density at radius 1 is 1.20 bits per heavy atom. The highest BCUT2D eigenvalue weighted by Gasteiger charge is 2.38. The molecule has 1 aromatic carbocycles. The Kier molecular flexibility index (Phi) is 6.46. The number of aromatic nitrogens is 3. The summed E-state index contributed by atoms with van der Waals surface area (Å²) in [5.74, 6) is -2.08. The van der Waals surface area contributed by atoms with E-state index in [2.05, 4.69) is 29.9 Å². The van der Waals surface area contributed by atoms with Crippen LogP contribution in [0.25, 0.3) is 11.5 Å². The molecule has 0 bridgehead atoms. The van der Waals surface area contributed by atoms with E-state index in [0.717, 1.165) is 6.54 Å². The normalized spacial score (nSPS) is 12.7. The van der Waals surface area contributed by atoms with Gasteiger partial charge in [-0.1, -0.05) is 35.5 Å². The van der Waals surface area contributed by atoms with Crippen molar-refractivity contribution in [2.24, 2.45) is 0 Å². The number of carbonyl (C=O) groups excluding carboxylic acids is 1. The number of nitrogens with one attached hydrogen (secondary N) is 1. The zero-order chi connectivity index (χ0) is 21.7. The van der Waals surface area contributed by atoms with Crippen LogP contribution in [0, 0.1) is 0 Å². The quantitative estimate of drug-likeness (QED) is 0.632. The minimum Gasteiger partial charge on any atom is -0.348 e. The largest absolute Gasteiger partial charge is 0.471 e. The predicted octanol–water partition coefficient (Wildman–Crippen LogP) is 3.40. The van der Waals surface area contributed by atoms with Gasteiger partial charge >= 0.3 is 12.1 Å². The molecule has 158 valence electrons. The van der Waals surface area contributed by atoms with E-state index in [1.165, 1.54) is 23.9 Å². The Labute approximate surface area is 170 Å². The van der Waals surface area contributed by atoms with Crippen molar-refractivity contribution in [1.82, 2.24) is 25.3 Å². The Bertz CT molecular complexity index is 974. The van der Waals surface area contributed by atoms with Gasteiger partial charge in [0.05, 0.1) is 5.56 Å². The Morgan fingerprint density at radius 2 is 1.93 bits per heavy atom. The number of carbonyl (C=O) groups is 1. The topological polar surface area (TPSA) is 84.2 Å². The van der Waals surface area contributed by atoms with Crippen molar-refractivity contribution in [3.63, 3.8) is 0 Å². The molecular formula is C20H20F3N5O2. The van der Waals surface area contributed by atoms with Crippen LogP contribution in [0.1, 0.15) is 28.7 Å². The first kappa shape index (κ1) is 21.4. The molecule has 1 atom stereocenters. The van der Waals surface area contributed by atoms with E-state index in [4.69, 9.17) is 0 Å². The summed E-state index contributed by atoms with van der Waals surface area (Å²) in [5, 5.41) is 6.15. The van der Waals surface area contributed by atoms with Gasteiger partial charge in [-0.2, -0.15) is 18.2 Å². The lowest BCUT2D eigenvalue weighted by atomic mass is 10.2. The third kappa shape index (κ3) is 5.63. The van der Waals surface area contributed by atoms with Crippen LogP contribution < -0.4 is 5.32 Å². The van der Waals surface area contributed by atoms with Crippen molar-refractivity contribution < 1.29 is 22.5 Å². The standard InChI is InChI=1S/C20H20F3N5O2/c1-13(11-28(2)12-14-6-4-3-5-7-14)25-18(29)15-8-9-16(24-10-15)17-26-19(30-27-17)20(21,22)23/h3-10,13H,11-12H2,1-2H3,(H,25,29). The van der Waals surface area contributed by atoms with E-state index in [9.17, 15) is 18.0 Å². The van der Waals surface area contributed by atoms with Gasteiger partial charge in [-0.3, -0.25) is 9.78 Å². The molecule has 0 spiro atoms. The molecule has 0 aliphatic heterocycles. The van der Waals surface area contributed by atoms with Gasteiger partial charge < -0.3 is 14.7 Å². The molecule has 0 aliphatic rings. The summed E-state index contributed by atoms with van der Waals surface area (Å²) in [6.07, 6.45) is -3.47. The Morgan fingerprint density at radius 3 is 2.53 bits per heavy atom. The first-order chi connectivity index (χ1) is 14.2. The molecule has 10 heteroatoms. The Hall–Kier alpha value is -3.27. The van der Waals surface area contributed by atoms with Crippen molar-refractivity contribution in [3.05, 3.63) is 65.7 Å². The van der Waals surface area contributed by atoms with Gasteiger partial charge in [-0.25, -0.2) is 0 Å². The fraction of sp³-hybridized carbons (Fsp3) is 0.300. The molecule has 0 saturated carbocycles. The zero-order valence-electron chi connectivity index (χ0n) is 16.3. The maximum Gasteiger partial charge on any atom is 0.471 e. The second-order valence-electron chi connectivity index (χ2n) is 6.91. The van der Waals surface area contributed by atoms with Gasteiger partial charge in [0.15, 0.2) is 0 Å². The number of alkyl halides is 3. The number of hydrogen-bond acceptors (Lipinski definition) is 6. The summed E-state index contributed by atoms with van der Waals surface area (Å²) in [5.41, 5.74) is 1.52. The lowest BCUT2D eigenvalue weighted by molar-refractivity contribution is -0.159. The fourth-order valence-corrected chi connectivity index (χ4v) is 2.88. The monoisotopic (exact) mass is 419 g/mol.